The molecule has 0 bridgehead atoms. The lowest BCUT2D eigenvalue weighted by Gasteiger charge is -2.37. The van der Waals surface area contributed by atoms with Crippen LogP contribution in [0, 0.1) is 13.8 Å². The number of aryl methyl sites for hydroxylation is 2. The van der Waals surface area contributed by atoms with Gasteiger partial charge >= 0.3 is 0 Å². The monoisotopic (exact) mass is 403 g/mol. The van der Waals surface area contributed by atoms with E-state index in [4.69, 9.17) is 15.2 Å². The van der Waals surface area contributed by atoms with E-state index < -0.39 is 23.9 Å². The quantitative estimate of drug-likeness (QED) is 0.559. The molecule has 4 N–H and O–H groups in total. The summed E-state index contributed by atoms with van der Waals surface area (Å²) in [4.78, 5) is 8.46. The predicted octanol–water partition coefficient (Wildman–Crippen LogP) is 2.85. The maximum atomic E-state index is 10.7. The van der Waals surface area contributed by atoms with Gasteiger partial charge in [0.05, 0.1) is 24.4 Å². The van der Waals surface area contributed by atoms with Gasteiger partial charge in [0.2, 0.25) is 0 Å². The summed E-state index contributed by atoms with van der Waals surface area (Å²) in [6.07, 6.45) is 0.274. The van der Waals surface area contributed by atoms with Crippen LogP contribution < -0.4 is 15.2 Å². The molecule has 7 nitrogen and oxygen atoms in total. The fourth-order valence-corrected chi connectivity index (χ4v) is 3.33. The smallest absolute Gasteiger partial charge is 0.142 e. The van der Waals surface area contributed by atoms with Crippen LogP contribution in [0.15, 0.2) is 30.5 Å². The van der Waals surface area contributed by atoms with Crippen LogP contribution in [-0.2, 0) is 0 Å². The highest BCUT2D eigenvalue weighted by Crippen LogP contribution is 2.30. The van der Waals surface area contributed by atoms with Gasteiger partial charge in [0, 0.05) is 17.5 Å². The number of aromatic nitrogens is 2. The first-order valence-corrected chi connectivity index (χ1v) is 9.98. The zero-order valence-corrected chi connectivity index (χ0v) is 17.9. The highest BCUT2D eigenvalue weighted by Gasteiger charge is 2.38. The van der Waals surface area contributed by atoms with Crippen molar-refractivity contribution in [3.05, 3.63) is 47.5 Å². The summed E-state index contributed by atoms with van der Waals surface area (Å²) in [6.45, 7) is 9.71. The fourth-order valence-electron chi connectivity index (χ4n) is 3.33. The van der Waals surface area contributed by atoms with Crippen molar-refractivity contribution in [1.82, 2.24) is 9.97 Å². The molecule has 0 amide bonds. The standard InChI is InChI=1S/C22H33N3O4/c1-6-11-28-17-7-9-18(10-8-17)29-21(15(3)26)22(5,23)12-20(27)19-13-24-16(4)25-14(19)2/h7-10,13,15,20-21,26-27H,6,11-12,23H2,1-5H3. The number of benzene rings is 1. The molecule has 2 aromatic rings. The van der Waals surface area contributed by atoms with Crippen molar-refractivity contribution in [2.24, 2.45) is 5.73 Å². The van der Waals surface area contributed by atoms with E-state index in [-0.39, 0.29) is 6.42 Å². The molecule has 0 aliphatic rings. The zero-order valence-electron chi connectivity index (χ0n) is 17.9. The number of ether oxygens (including phenoxy) is 2. The zero-order chi connectivity index (χ0) is 21.6. The van der Waals surface area contributed by atoms with Gasteiger partial charge < -0.3 is 25.4 Å². The van der Waals surface area contributed by atoms with Gasteiger partial charge in [0.1, 0.15) is 23.4 Å². The summed E-state index contributed by atoms with van der Waals surface area (Å²) in [5.41, 5.74) is 6.83. The van der Waals surface area contributed by atoms with Gasteiger partial charge in [-0.25, -0.2) is 9.97 Å². The Balaban J connectivity index is 2.13. The maximum Gasteiger partial charge on any atom is 0.142 e. The first kappa shape index (κ1) is 23.1. The Morgan fingerprint density at radius 2 is 1.76 bits per heavy atom. The summed E-state index contributed by atoms with van der Waals surface area (Å²) in [6, 6.07) is 7.20. The van der Waals surface area contributed by atoms with E-state index in [0.29, 0.717) is 29.4 Å². The van der Waals surface area contributed by atoms with E-state index in [1.54, 1.807) is 39.1 Å². The Kier molecular flexibility index (Phi) is 7.96. The summed E-state index contributed by atoms with van der Waals surface area (Å²) in [5.74, 6) is 1.97. The van der Waals surface area contributed by atoms with E-state index in [9.17, 15) is 10.2 Å². The van der Waals surface area contributed by atoms with E-state index >= 15 is 0 Å². The van der Waals surface area contributed by atoms with Crippen LogP contribution in [0.25, 0.3) is 0 Å². The average molecular weight is 404 g/mol. The molecule has 0 saturated heterocycles. The minimum Gasteiger partial charge on any atom is -0.494 e. The third kappa shape index (κ3) is 6.39. The second-order valence-corrected chi connectivity index (χ2v) is 7.78. The lowest BCUT2D eigenvalue weighted by atomic mass is 9.84. The molecule has 1 aromatic heterocycles. The number of nitrogens with zero attached hydrogens (tertiary/aromatic N) is 2. The van der Waals surface area contributed by atoms with Crippen LogP contribution in [0.5, 0.6) is 11.5 Å². The summed E-state index contributed by atoms with van der Waals surface area (Å²) < 4.78 is 11.6. The molecule has 4 atom stereocenters. The highest BCUT2D eigenvalue weighted by atomic mass is 16.5. The van der Waals surface area contributed by atoms with Crippen molar-refractivity contribution < 1.29 is 19.7 Å². The van der Waals surface area contributed by atoms with Crippen LogP contribution >= 0.6 is 0 Å². The third-order valence-electron chi connectivity index (χ3n) is 4.78. The van der Waals surface area contributed by atoms with Crippen molar-refractivity contribution in [2.45, 2.75) is 71.3 Å². The van der Waals surface area contributed by atoms with Crippen LogP contribution in [0.2, 0.25) is 0 Å². The van der Waals surface area contributed by atoms with Crippen LogP contribution in [-0.4, -0.2) is 44.5 Å². The summed E-state index contributed by atoms with van der Waals surface area (Å²) >= 11 is 0. The number of hydrogen-bond acceptors (Lipinski definition) is 7. The van der Waals surface area contributed by atoms with Gasteiger partial charge in [-0.1, -0.05) is 6.92 Å². The molecule has 7 heteroatoms. The largest absolute Gasteiger partial charge is 0.494 e. The molecule has 2 rings (SSSR count). The van der Waals surface area contributed by atoms with E-state index in [0.717, 1.165) is 12.2 Å². The minimum atomic E-state index is -1.01. The van der Waals surface area contributed by atoms with Gasteiger partial charge in [-0.15, -0.1) is 0 Å². The van der Waals surface area contributed by atoms with E-state index in [2.05, 4.69) is 9.97 Å². The molecular formula is C22H33N3O4. The van der Waals surface area contributed by atoms with Gasteiger partial charge in [-0.2, -0.15) is 0 Å². The first-order chi connectivity index (χ1) is 13.6. The van der Waals surface area contributed by atoms with Crippen LogP contribution in [0.4, 0.5) is 0 Å². The van der Waals surface area contributed by atoms with Crippen LogP contribution in [0.3, 0.4) is 0 Å². The van der Waals surface area contributed by atoms with Gasteiger partial charge in [-0.3, -0.25) is 0 Å². The molecule has 0 saturated carbocycles. The number of hydrogen-bond donors (Lipinski definition) is 3. The number of nitrogens with two attached hydrogens (primary N) is 1. The van der Waals surface area contributed by atoms with Crippen molar-refractivity contribution in [3.63, 3.8) is 0 Å². The lowest BCUT2D eigenvalue weighted by molar-refractivity contribution is -0.0142. The Bertz CT molecular complexity index is 778. The molecule has 0 spiro atoms. The molecule has 160 valence electrons. The molecule has 0 fully saturated rings. The second kappa shape index (κ2) is 10.0. The van der Waals surface area contributed by atoms with Gasteiger partial charge in [0.25, 0.3) is 0 Å². The van der Waals surface area contributed by atoms with Crippen LogP contribution in [0.1, 0.15) is 56.8 Å². The summed E-state index contributed by atoms with van der Waals surface area (Å²) in [5, 5.41) is 21.0. The topological polar surface area (TPSA) is 111 Å². The molecule has 0 aliphatic carbocycles. The second-order valence-electron chi connectivity index (χ2n) is 7.78. The Labute approximate surface area is 172 Å². The SMILES string of the molecule is CCCOc1ccc(OC(C(C)O)C(C)(N)CC(O)c2cnc(C)nc2C)cc1. The van der Waals surface area contributed by atoms with Crippen molar-refractivity contribution >= 4 is 0 Å². The molecule has 29 heavy (non-hydrogen) atoms. The minimum absolute atomic E-state index is 0.174. The van der Waals surface area contributed by atoms with E-state index in [1.807, 2.05) is 26.0 Å². The number of aliphatic hydroxyl groups excluding tert-OH is 2. The van der Waals surface area contributed by atoms with Gasteiger partial charge in [-0.05, 0) is 64.8 Å². The molecule has 1 heterocycles. The molecule has 1 aromatic carbocycles. The Morgan fingerprint density at radius 3 is 2.31 bits per heavy atom. The normalized spacial score (nSPS) is 16.6. The molecular weight excluding hydrogens is 370 g/mol. The van der Waals surface area contributed by atoms with E-state index in [1.165, 1.54) is 0 Å². The first-order valence-electron chi connectivity index (χ1n) is 9.98. The highest BCUT2D eigenvalue weighted by molar-refractivity contribution is 5.31. The van der Waals surface area contributed by atoms with Gasteiger partial charge in [0.15, 0.2) is 0 Å². The Hall–Kier alpha value is -2.22. The van der Waals surface area contributed by atoms with Crippen molar-refractivity contribution in [2.75, 3.05) is 6.61 Å². The maximum absolute atomic E-state index is 10.7. The number of aliphatic hydroxyl groups is 2. The third-order valence-corrected chi connectivity index (χ3v) is 4.78. The lowest BCUT2D eigenvalue weighted by Crippen LogP contribution is -2.56. The average Bonchev–Trinajstić information content (AvgIpc) is 2.64. The molecule has 4 unspecified atom stereocenters. The Morgan fingerprint density at radius 1 is 1.14 bits per heavy atom. The van der Waals surface area contributed by atoms with Crippen molar-refractivity contribution in [1.29, 1.82) is 0 Å². The fraction of sp³-hybridized carbons (Fsp3) is 0.545. The predicted molar refractivity (Wildman–Crippen MR) is 112 cm³/mol. The molecule has 0 radical (unpaired) electrons. The number of rotatable bonds is 10. The van der Waals surface area contributed by atoms with Crippen molar-refractivity contribution in [3.8, 4) is 11.5 Å². The molecule has 0 aliphatic heterocycles. The summed E-state index contributed by atoms with van der Waals surface area (Å²) in [7, 11) is 0.